The molecule has 0 radical (unpaired) electrons. The highest BCUT2D eigenvalue weighted by Crippen LogP contribution is 2.46. The number of nitrogens with zero attached hydrogens (tertiary/aromatic N) is 4. The fraction of sp³-hybridized carbons (Fsp3) is 0.389. The molecule has 7 nitrogen and oxygen atoms in total. The van der Waals surface area contributed by atoms with E-state index in [9.17, 15) is 18.0 Å². The quantitative estimate of drug-likeness (QED) is 0.556. The third-order valence-corrected chi connectivity index (χ3v) is 6.91. The van der Waals surface area contributed by atoms with E-state index in [1.54, 1.807) is 30.1 Å². The second kappa shape index (κ2) is 7.73. The molecule has 0 unspecified atom stereocenters. The van der Waals surface area contributed by atoms with Crippen LogP contribution >= 0.6 is 27.3 Å². The highest BCUT2D eigenvalue weighted by atomic mass is 79.9. The van der Waals surface area contributed by atoms with Gasteiger partial charge in [-0.15, -0.1) is 11.3 Å². The Balaban J connectivity index is 1.63. The Morgan fingerprint density at radius 1 is 1.47 bits per heavy atom. The van der Waals surface area contributed by atoms with Crippen LogP contribution in [-0.2, 0) is 13.6 Å². The van der Waals surface area contributed by atoms with E-state index in [4.69, 9.17) is 0 Å². The lowest BCUT2D eigenvalue weighted by Gasteiger charge is -2.33. The van der Waals surface area contributed by atoms with Crippen LogP contribution in [0.25, 0.3) is 0 Å². The Bertz CT molecular complexity index is 1070. The zero-order chi connectivity index (χ0) is 21.6. The van der Waals surface area contributed by atoms with Gasteiger partial charge in [-0.05, 0) is 34.3 Å². The van der Waals surface area contributed by atoms with Crippen molar-refractivity contribution in [2.24, 2.45) is 7.05 Å². The van der Waals surface area contributed by atoms with Crippen LogP contribution in [0.15, 0.2) is 28.2 Å². The summed E-state index contributed by atoms with van der Waals surface area (Å²) in [6, 6.07) is 1.23. The SMILES string of the molecule is Cc1c(CNC(=O)c2nn3c(c2Br)N[C@H](c2cccs2)C[C@@H]3C(F)(F)F)cnn1C. The number of aryl methyl sites for hydroxylation is 1. The average Bonchev–Trinajstić information content (AvgIpc) is 3.41. The molecule has 3 aromatic heterocycles. The van der Waals surface area contributed by atoms with Gasteiger partial charge in [0.15, 0.2) is 11.7 Å². The number of nitrogens with one attached hydrogen (secondary N) is 2. The summed E-state index contributed by atoms with van der Waals surface area (Å²) in [5.74, 6) is -0.424. The second-order valence-corrected chi connectivity index (χ2v) is 8.79. The molecule has 4 heterocycles. The molecule has 0 bridgehead atoms. The second-order valence-electron chi connectivity index (χ2n) is 7.02. The van der Waals surface area contributed by atoms with E-state index < -0.39 is 24.2 Å². The van der Waals surface area contributed by atoms with Crippen molar-refractivity contribution >= 4 is 39.0 Å². The predicted molar refractivity (Wildman–Crippen MR) is 109 cm³/mol. The Kier molecular flexibility index (Phi) is 5.39. The first-order chi connectivity index (χ1) is 14.2. The van der Waals surface area contributed by atoms with Gasteiger partial charge in [-0.3, -0.25) is 9.48 Å². The Morgan fingerprint density at radius 2 is 2.23 bits per heavy atom. The number of halogens is 4. The fourth-order valence-corrected chi connectivity index (χ4v) is 4.73. The average molecular weight is 503 g/mol. The van der Waals surface area contributed by atoms with E-state index in [2.05, 4.69) is 36.8 Å². The zero-order valence-corrected chi connectivity index (χ0v) is 18.4. The summed E-state index contributed by atoms with van der Waals surface area (Å²) >= 11 is 4.66. The molecule has 0 aromatic carbocycles. The van der Waals surface area contributed by atoms with Crippen molar-refractivity contribution in [3.8, 4) is 0 Å². The normalized spacial score (nSPS) is 18.7. The largest absolute Gasteiger partial charge is 0.410 e. The van der Waals surface area contributed by atoms with E-state index in [0.717, 1.165) is 20.8 Å². The number of amides is 1. The Morgan fingerprint density at radius 3 is 2.83 bits per heavy atom. The third-order valence-electron chi connectivity index (χ3n) is 5.17. The van der Waals surface area contributed by atoms with E-state index in [-0.39, 0.29) is 29.0 Å². The molecule has 2 N–H and O–H groups in total. The van der Waals surface area contributed by atoms with Crippen LogP contribution in [0.4, 0.5) is 19.0 Å². The van der Waals surface area contributed by atoms with E-state index in [1.807, 2.05) is 12.3 Å². The number of carbonyl (C=O) groups is 1. The van der Waals surface area contributed by atoms with Crippen molar-refractivity contribution in [2.75, 3.05) is 5.32 Å². The lowest BCUT2D eigenvalue weighted by Crippen LogP contribution is -2.35. The van der Waals surface area contributed by atoms with Crippen molar-refractivity contribution in [1.82, 2.24) is 24.9 Å². The van der Waals surface area contributed by atoms with Gasteiger partial charge in [0.1, 0.15) is 5.82 Å². The molecule has 1 aliphatic heterocycles. The molecular formula is C18H18BrF3N6OS. The van der Waals surface area contributed by atoms with Crippen LogP contribution in [0.2, 0.25) is 0 Å². The summed E-state index contributed by atoms with van der Waals surface area (Å²) in [7, 11) is 1.79. The van der Waals surface area contributed by atoms with Crippen LogP contribution in [0, 0.1) is 6.92 Å². The minimum absolute atomic E-state index is 0.0971. The van der Waals surface area contributed by atoms with Crippen LogP contribution < -0.4 is 10.6 Å². The minimum Gasteiger partial charge on any atom is -0.362 e. The van der Waals surface area contributed by atoms with Crippen LogP contribution in [-0.4, -0.2) is 31.6 Å². The number of hydrogen-bond donors (Lipinski definition) is 2. The summed E-state index contributed by atoms with van der Waals surface area (Å²) in [5.41, 5.74) is 1.60. The lowest BCUT2D eigenvalue weighted by molar-refractivity contribution is -0.173. The highest BCUT2D eigenvalue weighted by Gasteiger charge is 2.48. The molecule has 3 aromatic rings. The molecule has 160 valence electrons. The van der Waals surface area contributed by atoms with Gasteiger partial charge in [0.05, 0.1) is 16.7 Å². The van der Waals surface area contributed by atoms with Gasteiger partial charge < -0.3 is 10.6 Å². The predicted octanol–water partition coefficient (Wildman–Crippen LogP) is 4.34. The molecule has 12 heteroatoms. The smallest absolute Gasteiger partial charge is 0.362 e. The number of thiophene rings is 1. The third kappa shape index (κ3) is 3.73. The fourth-order valence-electron chi connectivity index (χ4n) is 3.39. The van der Waals surface area contributed by atoms with Crippen molar-refractivity contribution < 1.29 is 18.0 Å². The van der Waals surface area contributed by atoms with E-state index in [1.165, 1.54) is 11.3 Å². The number of alkyl halides is 3. The molecule has 0 aliphatic carbocycles. The summed E-state index contributed by atoms with van der Waals surface area (Å²) in [6.45, 7) is 2.06. The number of aromatic nitrogens is 4. The molecule has 0 saturated carbocycles. The number of rotatable bonds is 4. The minimum atomic E-state index is -4.50. The monoisotopic (exact) mass is 502 g/mol. The zero-order valence-electron chi connectivity index (χ0n) is 16.0. The summed E-state index contributed by atoms with van der Waals surface area (Å²) in [6.07, 6.45) is -3.07. The van der Waals surface area contributed by atoms with E-state index in [0.29, 0.717) is 0 Å². The van der Waals surface area contributed by atoms with Gasteiger partial charge in [0.25, 0.3) is 5.91 Å². The molecule has 0 spiro atoms. The van der Waals surface area contributed by atoms with Gasteiger partial charge in [0, 0.05) is 36.1 Å². The molecular weight excluding hydrogens is 485 g/mol. The summed E-state index contributed by atoms with van der Waals surface area (Å²) in [5, 5.41) is 15.7. The molecule has 1 amide bonds. The molecule has 30 heavy (non-hydrogen) atoms. The standard InChI is InChI=1S/C18H18BrF3N6OS/c1-9-10(8-24-27(9)2)7-23-17(29)15-14(19)16-25-11(12-4-3-5-30-12)6-13(18(20,21)22)28(16)26-15/h3-5,8,11,13,25H,6-7H2,1-2H3,(H,23,29)/t11-,13+/m0/s1. The molecule has 4 rings (SSSR count). The summed E-state index contributed by atoms with van der Waals surface area (Å²) < 4.78 is 44.1. The van der Waals surface area contributed by atoms with Gasteiger partial charge in [-0.2, -0.15) is 23.4 Å². The maximum atomic E-state index is 13.8. The molecule has 2 atom stereocenters. The van der Waals surface area contributed by atoms with Gasteiger partial charge in [-0.1, -0.05) is 6.07 Å². The Labute approximate surface area is 182 Å². The summed E-state index contributed by atoms with van der Waals surface area (Å²) in [4.78, 5) is 13.5. The number of fused-ring (bicyclic) bond motifs is 1. The van der Waals surface area contributed by atoms with Crippen LogP contribution in [0.5, 0.6) is 0 Å². The first-order valence-corrected chi connectivity index (χ1v) is 10.7. The van der Waals surface area contributed by atoms with Gasteiger partial charge >= 0.3 is 6.18 Å². The van der Waals surface area contributed by atoms with Gasteiger partial charge in [0.2, 0.25) is 0 Å². The number of hydrogen-bond acceptors (Lipinski definition) is 5. The van der Waals surface area contributed by atoms with Crippen molar-refractivity contribution in [1.29, 1.82) is 0 Å². The first kappa shape index (κ1) is 20.9. The van der Waals surface area contributed by atoms with Crippen molar-refractivity contribution in [3.05, 3.63) is 50.0 Å². The molecule has 0 saturated heterocycles. The molecule has 1 aliphatic rings. The number of carbonyl (C=O) groups excluding carboxylic acids is 1. The van der Waals surface area contributed by atoms with Crippen molar-refractivity contribution in [3.63, 3.8) is 0 Å². The highest BCUT2D eigenvalue weighted by molar-refractivity contribution is 9.10. The first-order valence-electron chi connectivity index (χ1n) is 9.07. The maximum Gasteiger partial charge on any atom is 0.410 e. The van der Waals surface area contributed by atoms with E-state index >= 15 is 0 Å². The Hall–Kier alpha value is -2.34. The van der Waals surface area contributed by atoms with Crippen molar-refractivity contribution in [2.45, 2.75) is 38.1 Å². The number of anilines is 1. The maximum absolute atomic E-state index is 13.8. The topological polar surface area (TPSA) is 76.8 Å². The van der Waals surface area contributed by atoms with Crippen LogP contribution in [0.3, 0.4) is 0 Å². The van der Waals surface area contributed by atoms with Crippen LogP contribution in [0.1, 0.15) is 45.1 Å². The lowest BCUT2D eigenvalue weighted by atomic mass is 10.0. The van der Waals surface area contributed by atoms with Gasteiger partial charge in [-0.25, -0.2) is 4.68 Å². The molecule has 0 fully saturated rings.